The number of fused-ring (bicyclic) bond motifs is 4. The zero-order chi connectivity index (χ0) is 20.8. The van der Waals surface area contributed by atoms with Gasteiger partial charge in [-0.15, -0.1) is 9.13 Å². The standard InChI is InChI=1S/C20H15N4O4/c1-2-7-15-12-16-8-3-5-10-21(16)20(15)18(19(24(27)28)14-23(25)26)13-17-9-4-6-11-22(17)20/h2-13H,1H3/q+1/i7T. The van der Waals surface area contributed by atoms with Crippen LogP contribution in [0.1, 0.15) is 19.7 Å². The van der Waals surface area contributed by atoms with Gasteiger partial charge in [0.25, 0.3) is 0 Å². The summed E-state index contributed by atoms with van der Waals surface area (Å²) in [6, 6.07) is 10.9. The maximum Gasteiger partial charge on any atom is 0.362 e. The maximum atomic E-state index is 11.8. The van der Waals surface area contributed by atoms with Crippen molar-refractivity contribution < 1.29 is 20.4 Å². The Labute approximate surface area is 161 Å². The smallest absolute Gasteiger partial charge is 0.278 e. The number of hydrogen-bond donors (Lipinski definition) is 0. The monoisotopic (exact) mass is 377 g/mol. The zero-order valence-electron chi connectivity index (χ0n) is 15.8. The van der Waals surface area contributed by atoms with Crippen molar-refractivity contribution in [3.05, 3.63) is 116 Å². The Morgan fingerprint density at radius 2 is 1.71 bits per heavy atom. The van der Waals surface area contributed by atoms with E-state index in [1.165, 1.54) is 0 Å². The second-order valence-corrected chi connectivity index (χ2v) is 6.19. The lowest BCUT2D eigenvalue weighted by molar-refractivity contribution is -0.967. The quantitative estimate of drug-likeness (QED) is 0.268. The van der Waals surface area contributed by atoms with Gasteiger partial charge in [-0.3, -0.25) is 20.2 Å². The topological polar surface area (TPSA) is 94.0 Å². The number of hydrogen-bond acceptors (Lipinski definition) is 4. The van der Waals surface area contributed by atoms with Crippen LogP contribution < -0.4 is 9.13 Å². The van der Waals surface area contributed by atoms with E-state index in [-0.39, 0.29) is 11.6 Å². The second kappa shape index (κ2) is 6.34. The van der Waals surface area contributed by atoms with E-state index in [0.717, 1.165) is 0 Å². The molecule has 1 atom stereocenters. The van der Waals surface area contributed by atoms with Gasteiger partial charge in [0, 0.05) is 40.8 Å². The van der Waals surface area contributed by atoms with Gasteiger partial charge < -0.3 is 0 Å². The van der Waals surface area contributed by atoms with E-state index in [0.29, 0.717) is 17.0 Å². The summed E-state index contributed by atoms with van der Waals surface area (Å²) in [5, 5.41) is 23.0. The molecule has 1 spiro atoms. The Morgan fingerprint density at radius 1 is 1.11 bits per heavy atom. The minimum absolute atomic E-state index is 0.0678. The zero-order valence-corrected chi connectivity index (χ0v) is 14.8. The van der Waals surface area contributed by atoms with Gasteiger partial charge in [-0.2, -0.15) is 0 Å². The van der Waals surface area contributed by atoms with Crippen molar-refractivity contribution in [1.29, 1.82) is 0 Å². The molecule has 2 aliphatic heterocycles. The van der Waals surface area contributed by atoms with Crippen molar-refractivity contribution >= 4 is 12.2 Å². The first-order valence-electron chi connectivity index (χ1n) is 8.94. The summed E-state index contributed by atoms with van der Waals surface area (Å²) < 4.78 is 12.1. The van der Waals surface area contributed by atoms with Gasteiger partial charge in [0.15, 0.2) is 23.8 Å². The van der Waals surface area contributed by atoms with E-state index >= 15 is 0 Å². The van der Waals surface area contributed by atoms with E-state index in [2.05, 4.69) is 0 Å². The fraction of sp³-hybridized carbons (Fsp3) is 0.100. The molecule has 0 saturated carbocycles. The molecule has 0 bridgehead atoms. The fourth-order valence-electron chi connectivity index (χ4n) is 3.83. The number of allylic oxidation sites excluding steroid dienone is 4. The third kappa shape index (κ3) is 2.31. The molecule has 2 aromatic heterocycles. The fourth-order valence-corrected chi connectivity index (χ4v) is 3.83. The molecule has 2 aromatic rings. The summed E-state index contributed by atoms with van der Waals surface area (Å²) in [6.45, 7) is 1.70. The van der Waals surface area contributed by atoms with E-state index < -0.39 is 21.2 Å². The first-order chi connectivity index (χ1) is 13.9. The normalized spacial score (nSPS) is 21.0. The van der Waals surface area contributed by atoms with E-state index in [4.69, 9.17) is 1.37 Å². The molecule has 8 heteroatoms. The number of pyridine rings is 2. The largest absolute Gasteiger partial charge is 0.362 e. The Hall–Kier alpha value is -3.94. The minimum Gasteiger partial charge on any atom is -0.278 e. The first-order valence-corrected chi connectivity index (χ1v) is 8.44. The highest BCUT2D eigenvalue weighted by Crippen LogP contribution is 2.41. The predicted octanol–water partition coefficient (Wildman–Crippen LogP) is 2.03. The van der Waals surface area contributed by atoms with Gasteiger partial charge in [0.1, 0.15) is 0 Å². The average molecular weight is 377 g/mol. The Kier molecular flexibility index (Phi) is 3.68. The van der Waals surface area contributed by atoms with Crippen molar-refractivity contribution in [2.45, 2.75) is 12.6 Å². The predicted molar refractivity (Wildman–Crippen MR) is 98.2 cm³/mol. The number of nitro groups is 2. The van der Waals surface area contributed by atoms with Crippen LogP contribution in [0.3, 0.4) is 0 Å². The molecule has 0 saturated heterocycles. The van der Waals surface area contributed by atoms with Crippen molar-refractivity contribution in [1.82, 2.24) is 0 Å². The van der Waals surface area contributed by atoms with Gasteiger partial charge in [-0.25, -0.2) is 0 Å². The molecule has 0 amide bonds. The Morgan fingerprint density at radius 3 is 2.25 bits per heavy atom. The summed E-state index contributed by atoms with van der Waals surface area (Å²) in [5.74, 6) is 0. The van der Waals surface area contributed by atoms with Crippen molar-refractivity contribution in [3.8, 4) is 0 Å². The van der Waals surface area contributed by atoms with Crippen LogP contribution in [0, 0.1) is 26.4 Å². The molecule has 2 aliphatic rings. The summed E-state index contributed by atoms with van der Waals surface area (Å²) in [7, 11) is 0. The Balaban J connectivity index is 2.15. The van der Waals surface area contributed by atoms with Crippen LogP contribution in [-0.2, 0) is 5.66 Å². The molecule has 4 rings (SSSR count). The van der Waals surface area contributed by atoms with E-state index in [9.17, 15) is 20.2 Å². The van der Waals surface area contributed by atoms with Crippen LogP contribution in [0.4, 0.5) is 0 Å². The van der Waals surface area contributed by atoms with Crippen LogP contribution in [0.5, 0.6) is 0 Å². The number of aromatic nitrogens is 2. The third-order valence-electron chi connectivity index (χ3n) is 4.75. The number of nitrogens with zero attached hydrogens (tertiary/aromatic N) is 4. The molecule has 0 aromatic carbocycles. The molecule has 0 fully saturated rings. The minimum atomic E-state index is -1.35. The molecule has 138 valence electrons. The lowest BCUT2D eigenvalue weighted by Gasteiger charge is -2.24. The van der Waals surface area contributed by atoms with Gasteiger partial charge in [-0.1, -0.05) is 12.1 Å². The number of rotatable bonds is 4. The molecular weight excluding hydrogens is 360 g/mol. The molecule has 0 aliphatic carbocycles. The Bertz CT molecular complexity index is 1190. The van der Waals surface area contributed by atoms with E-state index in [1.54, 1.807) is 77.1 Å². The maximum absolute atomic E-state index is 11.8. The molecular formula is C20H15N4O4+. The van der Waals surface area contributed by atoms with Crippen molar-refractivity contribution in [3.63, 3.8) is 0 Å². The summed E-state index contributed by atoms with van der Waals surface area (Å²) in [4.78, 5) is 21.2. The van der Waals surface area contributed by atoms with Gasteiger partial charge >= 0.3 is 5.66 Å². The molecule has 1 unspecified atom stereocenters. The molecule has 8 nitrogen and oxygen atoms in total. The summed E-state index contributed by atoms with van der Waals surface area (Å²) >= 11 is 0. The van der Waals surface area contributed by atoms with Crippen LogP contribution in [0.15, 0.2) is 77.8 Å². The highest BCUT2D eigenvalue weighted by molar-refractivity contribution is 5.66. The van der Waals surface area contributed by atoms with Crippen molar-refractivity contribution in [2.75, 3.05) is 0 Å². The summed E-state index contributed by atoms with van der Waals surface area (Å²) in [6.07, 6.45) is 10.1. The molecule has 28 heavy (non-hydrogen) atoms. The lowest BCUT2D eigenvalue weighted by Crippen LogP contribution is -2.73. The van der Waals surface area contributed by atoms with Crippen LogP contribution >= 0.6 is 0 Å². The third-order valence-corrected chi connectivity index (χ3v) is 4.75. The molecule has 0 N–H and O–H groups in total. The highest BCUT2D eigenvalue weighted by atomic mass is 16.6. The van der Waals surface area contributed by atoms with Gasteiger partial charge in [0.2, 0.25) is 11.9 Å². The first kappa shape index (κ1) is 16.2. The van der Waals surface area contributed by atoms with E-state index in [1.807, 2.05) is 12.1 Å². The summed E-state index contributed by atoms with van der Waals surface area (Å²) in [5.41, 5.74) is -0.228. The van der Waals surface area contributed by atoms with Gasteiger partial charge in [0.05, 0.1) is 6.94 Å². The van der Waals surface area contributed by atoms with Crippen LogP contribution in [-0.4, -0.2) is 9.85 Å². The lowest BCUT2D eigenvalue weighted by atomic mass is 9.90. The van der Waals surface area contributed by atoms with Crippen molar-refractivity contribution in [2.24, 2.45) is 0 Å². The van der Waals surface area contributed by atoms with Crippen LogP contribution in [0.25, 0.3) is 12.2 Å². The van der Waals surface area contributed by atoms with Crippen LogP contribution in [0.2, 0.25) is 0 Å². The second-order valence-electron chi connectivity index (χ2n) is 6.19. The molecule has 0 radical (unpaired) electrons. The highest BCUT2D eigenvalue weighted by Gasteiger charge is 2.62. The molecule has 4 heterocycles. The SMILES string of the molecule is [3H]C(=CC)C1=Cc2cccc[n+]2C12C(C(=[C-][N+](=O)[O-])[N+](=O)[O-])=Cc1cccc[n+]12. The average Bonchev–Trinajstić information content (AvgIpc) is 3.23. The van der Waals surface area contributed by atoms with Gasteiger partial charge in [-0.05, 0) is 30.1 Å².